The number of nitro groups is 1. The fourth-order valence-corrected chi connectivity index (χ4v) is 2.56. The smallest absolute Gasteiger partial charge is 0.276 e. The Bertz CT molecular complexity index is 535. The van der Waals surface area contributed by atoms with Crippen LogP contribution in [0.2, 0.25) is 0 Å². The molecule has 1 aromatic heterocycles. The Morgan fingerprint density at radius 2 is 2.19 bits per heavy atom. The quantitative estimate of drug-likeness (QED) is 0.417. The van der Waals surface area contributed by atoms with Gasteiger partial charge >= 0.3 is 0 Å². The van der Waals surface area contributed by atoms with E-state index in [1.165, 1.54) is 12.1 Å². The van der Waals surface area contributed by atoms with Crippen LogP contribution in [0.15, 0.2) is 12.1 Å². The van der Waals surface area contributed by atoms with Gasteiger partial charge in [-0.2, -0.15) is 0 Å². The third-order valence-electron chi connectivity index (χ3n) is 4.04. The maximum atomic E-state index is 10.9. The zero-order chi connectivity index (χ0) is 15.6. The molecule has 1 aliphatic carbocycles. The van der Waals surface area contributed by atoms with Gasteiger partial charge in [0.05, 0.1) is 23.2 Å². The average Bonchev–Trinajstić information content (AvgIpc) is 2.45. The summed E-state index contributed by atoms with van der Waals surface area (Å²) in [5, 5.41) is 14.2. The number of hydrogen-bond donors (Lipinski definition) is 3. The number of aromatic nitrogens is 1. The molecule has 0 bridgehead atoms. The van der Waals surface area contributed by atoms with Crippen molar-refractivity contribution in [3.05, 3.63) is 22.2 Å². The van der Waals surface area contributed by atoms with E-state index >= 15 is 0 Å². The summed E-state index contributed by atoms with van der Waals surface area (Å²) < 4.78 is 5.67. The summed E-state index contributed by atoms with van der Waals surface area (Å²) in [6.07, 6.45) is 1.03. The van der Waals surface area contributed by atoms with E-state index in [4.69, 9.17) is 10.6 Å². The van der Waals surface area contributed by atoms with Crippen LogP contribution in [0.3, 0.4) is 0 Å². The minimum Gasteiger partial charge on any atom is -0.378 e. The Hall–Kier alpha value is -1.93. The van der Waals surface area contributed by atoms with Crippen molar-refractivity contribution in [3.63, 3.8) is 0 Å². The van der Waals surface area contributed by atoms with Crippen LogP contribution in [-0.4, -0.2) is 28.7 Å². The van der Waals surface area contributed by atoms with Crippen LogP contribution in [-0.2, 0) is 4.74 Å². The molecule has 4 N–H and O–H groups in total. The zero-order valence-corrected chi connectivity index (χ0v) is 12.4. The first-order chi connectivity index (χ1) is 9.88. The van der Waals surface area contributed by atoms with Crippen LogP contribution in [0, 0.1) is 15.5 Å². The third-order valence-corrected chi connectivity index (χ3v) is 4.04. The molecule has 2 rings (SSSR count). The van der Waals surface area contributed by atoms with Gasteiger partial charge in [-0.15, -0.1) is 0 Å². The molecule has 1 saturated carbocycles. The second kappa shape index (κ2) is 5.82. The summed E-state index contributed by atoms with van der Waals surface area (Å²) >= 11 is 0. The summed E-state index contributed by atoms with van der Waals surface area (Å²) in [5.41, 5.74) is 2.23. The van der Waals surface area contributed by atoms with Gasteiger partial charge in [-0.1, -0.05) is 13.8 Å². The largest absolute Gasteiger partial charge is 0.378 e. The first kappa shape index (κ1) is 15.5. The number of pyridine rings is 1. The van der Waals surface area contributed by atoms with Crippen LogP contribution < -0.4 is 16.6 Å². The predicted molar refractivity (Wildman–Crippen MR) is 79.9 cm³/mol. The first-order valence-corrected chi connectivity index (χ1v) is 6.89. The first-order valence-electron chi connectivity index (χ1n) is 6.89. The molecule has 0 spiro atoms. The van der Waals surface area contributed by atoms with Crippen molar-refractivity contribution in [1.82, 2.24) is 4.98 Å². The highest BCUT2D eigenvalue weighted by atomic mass is 16.6. The van der Waals surface area contributed by atoms with Gasteiger partial charge < -0.3 is 15.5 Å². The van der Waals surface area contributed by atoms with Crippen molar-refractivity contribution in [3.8, 4) is 0 Å². The van der Waals surface area contributed by atoms with Crippen LogP contribution in [0.4, 0.5) is 17.3 Å². The molecular formula is C13H21N5O3. The van der Waals surface area contributed by atoms with Gasteiger partial charge in [-0.05, 0) is 13.3 Å². The van der Waals surface area contributed by atoms with Crippen molar-refractivity contribution in [2.45, 2.75) is 39.3 Å². The van der Waals surface area contributed by atoms with E-state index in [-0.39, 0.29) is 29.1 Å². The van der Waals surface area contributed by atoms with Gasteiger partial charge in [-0.25, -0.2) is 10.8 Å². The molecule has 8 heteroatoms. The van der Waals surface area contributed by atoms with Gasteiger partial charge in [0.15, 0.2) is 0 Å². The summed E-state index contributed by atoms with van der Waals surface area (Å²) in [6.45, 7) is 6.86. The molecule has 2 unspecified atom stereocenters. The Kier molecular flexibility index (Phi) is 4.29. The van der Waals surface area contributed by atoms with Crippen LogP contribution >= 0.6 is 0 Å². The SMILES string of the molecule is CCOC1CC(Nc2cc([N+](=O)[O-])cc(NN)n2)C1(C)C. The number of hydrazine groups is 1. The van der Waals surface area contributed by atoms with Crippen molar-refractivity contribution in [2.24, 2.45) is 11.3 Å². The Morgan fingerprint density at radius 3 is 2.71 bits per heavy atom. The van der Waals surface area contributed by atoms with Crippen molar-refractivity contribution in [1.29, 1.82) is 0 Å². The van der Waals surface area contributed by atoms with E-state index in [0.717, 1.165) is 6.42 Å². The summed E-state index contributed by atoms with van der Waals surface area (Å²) in [5.74, 6) is 5.99. The number of nitrogens with two attached hydrogens (primary N) is 1. The van der Waals surface area contributed by atoms with Crippen LogP contribution in [0.1, 0.15) is 27.2 Å². The Balaban J connectivity index is 2.13. The molecular weight excluding hydrogens is 274 g/mol. The Labute approximate surface area is 123 Å². The van der Waals surface area contributed by atoms with Gasteiger partial charge in [0, 0.05) is 18.1 Å². The topological polar surface area (TPSA) is 115 Å². The minimum absolute atomic E-state index is 0.0565. The lowest BCUT2D eigenvalue weighted by atomic mass is 9.64. The fraction of sp³-hybridized carbons (Fsp3) is 0.615. The number of nitrogen functional groups attached to an aromatic ring is 1. The molecule has 1 heterocycles. The fourth-order valence-electron chi connectivity index (χ4n) is 2.56. The highest BCUT2D eigenvalue weighted by Crippen LogP contribution is 2.44. The van der Waals surface area contributed by atoms with E-state index in [2.05, 4.69) is 29.6 Å². The molecule has 1 aliphatic rings. The van der Waals surface area contributed by atoms with Gasteiger partial charge in [-0.3, -0.25) is 10.1 Å². The molecule has 0 saturated heterocycles. The molecule has 2 atom stereocenters. The van der Waals surface area contributed by atoms with Gasteiger partial charge in [0.25, 0.3) is 5.69 Å². The lowest BCUT2D eigenvalue weighted by Crippen LogP contribution is -2.58. The molecule has 0 amide bonds. The van der Waals surface area contributed by atoms with E-state index in [1.807, 2.05) is 6.92 Å². The maximum Gasteiger partial charge on any atom is 0.276 e. The molecule has 1 aromatic rings. The summed E-state index contributed by atoms with van der Waals surface area (Å²) in [7, 11) is 0. The lowest BCUT2D eigenvalue weighted by molar-refractivity contribution is -0.384. The monoisotopic (exact) mass is 295 g/mol. The number of nitrogens with zero attached hydrogens (tertiary/aromatic N) is 2. The molecule has 0 aromatic carbocycles. The molecule has 0 radical (unpaired) electrons. The van der Waals surface area contributed by atoms with E-state index in [0.29, 0.717) is 12.4 Å². The molecule has 1 fully saturated rings. The second-order valence-electron chi connectivity index (χ2n) is 5.70. The van der Waals surface area contributed by atoms with Gasteiger partial charge in [0.1, 0.15) is 11.6 Å². The second-order valence-corrected chi connectivity index (χ2v) is 5.70. The van der Waals surface area contributed by atoms with E-state index in [9.17, 15) is 10.1 Å². The normalized spacial score (nSPS) is 23.2. The van der Waals surface area contributed by atoms with E-state index in [1.54, 1.807) is 0 Å². The Morgan fingerprint density at radius 1 is 1.52 bits per heavy atom. The number of nitrogens with one attached hydrogen (secondary N) is 2. The predicted octanol–water partition coefficient (Wildman–Crippen LogP) is 1.89. The molecule has 116 valence electrons. The number of hydrogen-bond acceptors (Lipinski definition) is 7. The maximum absolute atomic E-state index is 10.9. The van der Waals surface area contributed by atoms with Crippen LogP contribution in [0.25, 0.3) is 0 Å². The molecule has 0 aliphatic heterocycles. The standard InChI is InChI=1S/C13H21N5O3/c1-4-21-10-7-9(13(10,2)3)15-11-5-8(18(19)20)6-12(16-11)17-14/h5-6,9-10H,4,7,14H2,1-3H3,(H2,15,16,17). The van der Waals surface area contributed by atoms with Gasteiger partial charge in [0.2, 0.25) is 0 Å². The number of rotatable bonds is 6. The molecule has 8 nitrogen and oxygen atoms in total. The molecule has 21 heavy (non-hydrogen) atoms. The number of ether oxygens (including phenoxy) is 1. The van der Waals surface area contributed by atoms with Crippen LogP contribution in [0.5, 0.6) is 0 Å². The summed E-state index contributed by atoms with van der Waals surface area (Å²) in [4.78, 5) is 14.6. The highest BCUT2D eigenvalue weighted by molar-refractivity contribution is 5.55. The van der Waals surface area contributed by atoms with Crippen molar-refractivity contribution in [2.75, 3.05) is 17.3 Å². The third kappa shape index (κ3) is 3.06. The lowest BCUT2D eigenvalue weighted by Gasteiger charge is -2.51. The van der Waals surface area contributed by atoms with E-state index < -0.39 is 4.92 Å². The minimum atomic E-state index is -0.470. The zero-order valence-electron chi connectivity index (χ0n) is 12.4. The average molecular weight is 295 g/mol. The number of anilines is 2. The summed E-state index contributed by atoms with van der Waals surface area (Å²) in [6, 6.07) is 2.85. The van der Waals surface area contributed by atoms with Crippen molar-refractivity contribution >= 4 is 17.3 Å². The highest BCUT2D eigenvalue weighted by Gasteiger charge is 2.49. The van der Waals surface area contributed by atoms with Crippen molar-refractivity contribution < 1.29 is 9.66 Å².